The Kier molecular flexibility index (Phi) is 3.89. The number of halogens is 3. The van der Waals surface area contributed by atoms with E-state index in [1.807, 2.05) is 0 Å². The van der Waals surface area contributed by atoms with Crippen molar-refractivity contribution in [1.82, 2.24) is 0 Å². The van der Waals surface area contributed by atoms with Crippen molar-refractivity contribution < 1.29 is 13.9 Å². The van der Waals surface area contributed by atoms with Gasteiger partial charge in [-0.2, -0.15) is 0 Å². The van der Waals surface area contributed by atoms with Crippen molar-refractivity contribution in [2.45, 2.75) is 5.38 Å². The lowest BCUT2D eigenvalue weighted by molar-refractivity contribution is -0.140. The average Bonchev–Trinajstić information content (AvgIpc) is 2.20. The first-order chi connectivity index (χ1) is 6.56. The van der Waals surface area contributed by atoms with E-state index in [0.717, 1.165) is 0 Å². The number of benzene rings is 1. The predicted molar refractivity (Wildman–Crippen MR) is 54.7 cm³/mol. The van der Waals surface area contributed by atoms with E-state index in [2.05, 4.69) is 20.7 Å². The van der Waals surface area contributed by atoms with Gasteiger partial charge in [0, 0.05) is 0 Å². The van der Waals surface area contributed by atoms with Gasteiger partial charge in [-0.25, -0.2) is 4.39 Å². The summed E-state index contributed by atoms with van der Waals surface area (Å²) < 4.78 is 17.6. The first-order valence-electron chi connectivity index (χ1n) is 3.73. The fraction of sp³-hybridized carbons (Fsp3) is 0.222. The van der Waals surface area contributed by atoms with Crippen molar-refractivity contribution in [3.05, 3.63) is 34.1 Å². The summed E-state index contributed by atoms with van der Waals surface area (Å²) >= 11 is 8.76. The van der Waals surface area contributed by atoms with Crippen molar-refractivity contribution in [2.24, 2.45) is 0 Å². The molecule has 0 aliphatic carbocycles. The topological polar surface area (TPSA) is 26.3 Å². The van der Waals surface area contributed by atoms with E-state index in [-0.39, 0.29) is 4.47 Å². The van der Waals surface area contributed by atoms with Crippen molar-refractivity contribution in [2.75, 3.05) is 7.11 Å². The second-order valence-electron chi connectivity index (χ2n) is 2.56. The largest absolute Gasteiger partial charge is 0.468 e. The average molecular weight is 282 g/mol. The van der Waals surface area contributed by atoms with Crippen LogP contribution in [-0.2, 0) is 9.53 Å². The second kappa shape index (κ2) is 4.75. The molecule has 0 saturated heterocycles. The Balaban J connectivity index is 2.96. The summed E-state index contributed by atoms with van der Waals surface area (Å²) in [5.74, 6) is -0.965. The maximum absolute atomic E-state index is 12.8. The maximum Gasteiger partial charge on any atom is 0.328 e. The van der Waals surface area contributed by atoms with Gasteiger partial charge in [0.25, 0.3) is 0 Å². The monoisotopic (exact) mass is 280 g/mol. The van der Waals surface area contributed by atoms with Crippen molar-refractivity contribution in [3.63, 3.8) is 0 Å². The zero-order valence-corrected chi connectivity index (χ0v) is 9.60. The third-order valence-electron chi connectivity index (χ3n) is 1.64. The summed E-state index contributed by atoms with van der Waals surface area (Å²) in [6.45, 7) is 0. The van der Waals surface area contributed by atoms with Crippen molar-refractivity contribution >= 4 is 33.5 Å². The number of carbonyl (C=O) groups excluding carboxylic acids is 1. The molecule has 0 aromatic heterocycles. The molecule has 0 amide bonds. The van der Waals surface area contributed by atoms with Gasteiger partial charge in [0.15, 0.2) is 5.38 Å². The van der Waals surface area contributed by atoms with Gasteiger partial charge in [-0.05, 0) is 33.6 Å². The van der Waals surface area contributed by atoms with Crippen molar-refractivity contribution in [3.8, 4) is 0 Å². The molecule has 0 unspecified atom stereocenters. The van der Waals surface area contributed by atoms with E-state index in [1.165, 1.54) is 25.3 Å². The third kappa shape index (κ3) is 2.45. The summed E-state index contributed by atoms with van der Waals surface area (Å²) in [5, 5.41) is -0.906. The molecule has 0 saturated carbocycles. The Labute approximate surface area is 94.1 Å². The molecule has 0 bridgehead atoms. The fourth-order valence-corrected chi connectivity index (χ4v) is 1.53. The van der Waals surface area contributed by atoms with E-state index >= 15 is 0 Å². The van der Waals surface area contributed by atoms with E-state index < -0.39 is 17.2 Å². The van der Waals surface area contributed by atoms with Gasteiger partial charge in [-0.1, -0.05) is 6.07 Å². The Hall–Kier alpha value is -0.610. The van der Waals surface area contributed by atoms with Crippen LogP contribution in [0, 0.1) is 5.82 Å². The molecular weight excluding hydrogens is 274 g/mol. The molecule has 0 aliphatic rings. The van der Waals surface area contributed by atoms with Crippen LogP contribution < -0.4 is 0 Å². The first kappa shape index (κ1) is 11.5. The van der Waals surface area contributed by atoms with Gasteiger partial charge >= 0.3 is 5.97 Å². The SMILES string of the molecule is COC(=O)[C@H](Cl)c1ccc(F)c(Br)c1. The van der Waals surface area contributed by atoms with Gasteiger partial charge in [0.05, 0.1) is 11.6 Å². The number of esters is 1. The molecule has 5 heteroatoms. The fourth-order valence-electron chi connectivity index (χ4n) is 0.910. The quantitative estimate of drug-likeness (QED) is 0.615. The molecule has 0 radical (unpaired) electrons. The molecule has 0 spiro atoms. The molecular formula is C9H7BrClFO2. The minimum absolute atomic E-state index is 0.268. The molecule has 0 heterocycles. The van der Waals surface area contributed by atoms with Crippen LogP contribution in [0.15, 0.2) is 22.7 Å². The Morgan fingerprint density at radius 2 is 2.29 bits per heavy atom. The highest BCUT2D eigenvalue weighted by Gasteiger charge is 2.18. The number of alkyl halides is 1. The summed E-state index contributed by atoms with van der Waals surface area (Å²) in [6, 6.07) is 4.12. The van der Waals surface area contributed by atoms with Crippen molar-refractivity contribution in [1.29, 1.82) is 0 Å². The van der Waals surface area contributed by atoms with Crippen LogP contribution in [0.3, 0.4) is 0 Å². The Bertz CT molecular complexity index is 357. The van der Waals surface area contributed by atoms with Gasteiger partial charge in [-0.3, -0.25) is 4.79 Å². The first-order valence-corrected chi connectivity index (χ1v) is 4.96. The van der Waals surface area contributed by atoms with Crippen LogP contribution in [0.4, 0.5) is 4.39 Å². The predicted octanol–water partition coefficient (Wildman–Crippen LogP) is 3.04. The molecule has 1 atom stereocenters. The summed E-state index contributed by atoms with van der Waals surface area (Å²) in [6.07, 6.45) is 0. The smallest absolute Gasteiger partial charge is 0.328 e. The number of hydrogen-bond donors (Lipinski definition) is 0. The molecule has 1 aromatic rings. The molecule has 14 heavy (non-hydrogen) atoms. The van der Waals surface area contributed by atoms with E-state index in [0.29, 0.717) is 5.56 Å². The standard InChI is InChI=1S/C9H7BrClFO2/c1-14-9(13)8(11)5-2-3-7(12)6(10)4-5/h2-4,8H,1H3/t8-/m1/s1. The minimum atomic E-state index is -0.906. The van der Waals surface area contributed by atoms with Crippen LogP contribution in [0.5, 0.6) is 0 Å². The zero-order valence-electron chi connectivity index (χ0n) is 7.26. The lowest BCUT2D eigenvalue weighted by Crippen LogP contribution is -2.08. The minimum Gasteiger partial charge on any atom is -0.468 e. The van der Waals surface area contributed by atoms with E-state index in [1.54, 1.807) is 0 Å². The maximum atomic E-state index is 12.8. The highest BCUT2D eigenvalue weighted by atomic mass is 79.9. The zero-order chi connectivity index (χ0) is 10.7. The highest BCUT2D eigenvalue weighted by molar-refractivity contribution is 9.10. The molecule has 0 fully saturated rings. The number of methoxy groups -OCH3 is 1. The van der Waals surface area contributed by atoms with Crippen LogP contribution in [0.2, 0.25) is 0 Å². The van der Waals surface area contributed by atoms with E-state index in [4.69, 9.17) is 11.6 Å². The number of carbonyl (C=O) groups is 1. The van der Waals surface area contributed by atoms with E-state index in [9.17, 15) is 9.18 Å². The van der Waals surface area contributed by atoms with Gasteiger partial charge in [0.2, 0.25) is 0 Å². The number of rotatable bonds is 2. The molecule has 1 rings (SSSR count). The van der Waals surface area contributed by atoms with Crippen LogP contribution in [-0.4, -0.2) is 13.1 Å². The Morgan fingerprint density at radius 3 is 2.79 bits per heavy atom. The van der Waals surface area contributed by atoms with Crippen LogP contribution >= 0.6 is 27.5 Å². The van der Waals surface area contributed by atoms with Crippen LogP contribution in [0.1, 0.15) is 10.9 Å². The number of ether oxygens (including phenoxy) is 1. The molecule has 0 aliphatic heterocycles. The summed E-state index contributed by atoms with van der Waals surface area (Å²) in [7, 11) is 1.25. The normalized spacial score (nSPS) is 12.3. The molecule has 1 aromatic carbocycles. The summed E-state index contributed by atoms with van der Waals surface area (Å²) in [5.41, 5.74) is 0.492. The van der Waals surface area contributed by atoms with Gasteiger partial charge in [0.1, 0.15) is 5.82 Å². The van der Waals surface area contributed by atoms with Gasteiger partial charge in [-0.15, -0.1) is 11.6 Å². The molecule has 0 N–H and O–H groups in total. The Morgan fingerprint density at radius 1 is 1.64 bits per heavy atom. The molecule has 2 nitrogen and oxygen atoms in total. The highest BCUT2D eigenvalue weighted by Crippen LogP contribution is 2.26. The number of hydrogen-bond acceptors (Lipinski definition) is 2. The van der Waals surface area contributed by atoms with Gasteiger partial charge < -0.3 is 4.74 Å². The molecule has 76 valence electrons. The lowest BCUT2D eigenvalue weighted by Gasteiger charge is -2.07. The third-order valence-corrected chi connectivity index (χ3v) is 2.68. The second-order valence-corrected chi connectivity index (χ2v) is 3.85. The van der Waals surface area contributed by atoms with Crippen LogP contribution in [0.25, 0.3) is 0 Å². The lowest BCUT2D eigenvalue weighted by atomic mass is 10.1. The summed E-state index contributed by atoms with van der Waals surface area (Å²) in [4.78, 5) is 11.0.